The molecule has 2 nitrogen and oxygen atoms in total. The Balaban J connectivity index is 6.02. The maximum Gasteiger partial charge on any atom is 0.303 e. The molecule has 0 aromatic carbocycles. The maximum absolute atomic E-state index is 11.6. The van der Waals surface area contributed by atoms with Crippen LogP contribution in [-0.4, -0.2) is 11.6 Å². The summed E-state index contributed by atoms with van der Waals surface area (Å²) in [6.45, 7) is 20.8. The van der Waals surface area contributed by atoms with Crippen molar-refractivity contribution in [3.8, 4) is 0 Å². The van der Waals surface area contributed by atoms with Crippen molar-refractivity contribution in [1.29, 1.82) is 0 Å². The van der Waals surface area contributed by atoms with Crippen LogP contribution in [0.5, 0.6) is 0 Å². The highest BCUT2D eigenvalue weighted by Gasteiger charge is 2.60. The van der Waals surface area contributed by atoms with E-state index in [-0.39, 0.29) is 22.2 Å². The molecule has 0 radical (unpaired) electrons. The van der Waals surface area contributed by atoms with E-state index in [9.17, 15) is 4.79 Å². The van der Waals surface area contributed by atoms with Crippen molar-refractivity contribution in [2.45, 2.75) is 74.8 Å². The van der Waals surface area contributed by atoms with Crippen LogP contribution in [0.2, 0.25) is 0 Å². The summed E-state index contributed by atoms with van der Waals surface area (Å²) < 4.78 is 5.89. The second-order valence-corrected chi connectivity index (χ2v) is 8.02. The summed E-state index contributed by atoms with van der Waals surface area (Å²) in [5.74, 6) is -0.204. The van der Waals surface area contributed by atoms with E-state index in [1.165, 1.54) is 6.92 Å². The fourth-order valence-corrected chi connectivity index (χ4v) is 4.05. The summed E-state index contributed by atoms with van der Waals surface area (Å²) in [7, 11) is 0. The van der Waals surface area contributed by atoms with Crippen LogP contribution in [0.1, 0.15) is 69.2 Å². The molecule has 0 saturated carbocycles. The second kappa shape index (κ2) is 4.29. The van der Waals surface area contributed by atoms with Crippen LogP contribution in [0.25, 0.3) is 0 Å². The standard InChI is InChI=1S/C15H30O2/c1-11(16)17-15(12(2,3)4,13(5,6)7)14(8,9)10/h1-10H3. The van der Waals surface area contributed by atoms with Gasteiger partial charge in [-0.1, -0.05) is 62.3 Å². The zero-order valence-corrected chi connectivity index (χ0v) is 13.3. The molecule has 0 aromatic rings. The second-order valence-electron chi connectivity index (χ2n) is 8.02. The van der Waals surface area contributed by atoms with Gasteiger partial charge in [0, 0.05) is 23.2 Å². The quantitative estimate of drug-likeness (QED) is 0.636. The van der Waals surface area contributed by atoms with Gasteiger partial charge in [-0.2, -0.15) is 0 Å². The van der Waals surface area contributed by atoms with E-state index in [2.05, 4.69) is 62.3 Å². The van der Waals surface area contributed by atoms with Crippen LogP contribution < -0.4 is 0 Å². The van der Waals surface area contributed by atoms with Crippen molar-refractivity contribution in [3.05, 3.63) is 0 Å². The lowest BCUT2D eigenvalue weighted by Crippen LogP contribution is -2.63. The van der Waals surface area contributed by atoms with Gasteiger partial charge in [0.15, 0.2) is 0 Å². The van der Waals surface area contributed by atoms with Crippen molar-refractivity contribution < 1.29 is 9.53 Å². The molecule has 0 unspecified atom stereocenters. The molecule has 0 amide bonds. The Morgan fingerprint density at radius 2 is 0.941 bits per heavy atom. The Labute approximate surface area is 107 Å². The van der Waals surface area contributed by atoms with Gasteiger partial charge in [0.05, 0.1) is 0 Å². The number of rotatable bonds is 1. The van der Waals surface area contributed by atoms with Crippen LogP contribution in [0.3, 0.4) is 0 Å². The first-order valence-electron chi connectivity index (χ1n) is 6.36. The molecule has 102 valence electrons. The molecule has 0 fully saturated rings. The van der Waals surface area contributed by atoms with Gasteiger partial charge in [-0.3, -0.25) is 4.79 Å². The number of esters is 1. The Bertz CT molecular complexity index is 245. The smallest absolute Gasteiger partial charge is 0.303 e. The molecule has 2 heteroatoms. The minimum atomic E-state index is -0.515. The van der Waals surface area contributed by atoms with Crippen LogP contribution in [0, 0.1) is 16.2 Å². The molecule has 0 heterocycles. The number of carbonyl (C=O) groups excluding carboxylic acids is 1. The van der Waals surface area contributed by atoms with Gasteiger partial charge < -0.3 is 4.74 Å². The van der Waals surface area contributed by atoms with Gasteiger partial charge in [0.25, 0.3) is 0 Å². The lowest BCUT2D eigenvalue weighted by Gasteiger charge is -2.59. The lowest BCUT2D eigenvalue weighted by atomic mass is 9.52. The molecule has 0 aromatic heterocycles. The molecule has 0 N–H and O–H groups in total. The summed E-state index contributed by atoms with van der Waals surface area (Å²) in [4.78, 5) is 11.6. The van der Waals surface area contributed by atoms with Crippen LogP contribution in [0.4, 0.5) is 0 Å². The van der Waals surface area contributed by atoms with Gasteiger partial charge in [-0.25, -0.2) is 0 Å². The average molecular weight is 242 g/mol. The molecule has 0 aliphatic heterocycles. The molecule has 0 bridgehead atoms. The molecular formula is C15H30O2. The molecule has 0 atom stereocenters. The molecule has 0 saturated heterocycles. The first-order chi connectivity index (χ1) is 7.17. The Kier molecular flexibility index (Phi) is 4.16. The van der Waals surface area contributed by atoms with E-state index < -0.39 is 5.60 Å². The molecule has 0 aliphatic carbocycles. The largest absolute Gasteiger partial charge is 0.458 e. The third kappa shape index (κ3) is 2.83. The molecule has 17 heavy (non-hydrogen) atoms. The summed E-state index contributed by atoms with van der Waals surface area (Å²) in [6, 6.07) is 0. The van der Waals surface area contributed by atoms with E-state index >= 15 is 0 Å². The normalized spacial score (nSPS) is 14.7. The summed E-state index contributed by atoms with van der Waals surface area (Å²) in [6.07, 6.45) is 0. The van der Waals surface area contributed by atoms with Crippen LogP contribution in [-0.2, 0) is 9.53 Å². The maximum atomic E-state index is 11.6. The highest BCUT2D eigenvalue weighted by atomic mass is 16.6. The van der Waals surface area contributed by atoms with Gasteiger partial charge in [-0.05, 0) is 0 Å². The van der Waals surface area contributed by atoms with Gasteiger partial charge in [-0.15, -0.1) is 0 Å². The van der Waals surface area contributed by atoms with Crippen molar-refractivity contribution in [2.24, 2.45) is 16.2 Å². The number of hydrogen-bond donors (Lipinski definition) is 0. The number of ether oxygens (including phenoxy) is 1. The molecule has 0 aliphatic rings. The lowest BCUT2D eigenvalue weighted by molar-refractivity contribution is -0.232. The first-order valence-corrected chi connectivity index (χ1v) is 6.36. The van der Waals surface area contributed by atoms with E-state index in [1.54, 1.807) is 0 Å². The monoisotopic (exact) mass is 242 g/mol. The van der Waals surface area contributed by atoms with Gasteiger partial charge >= 0.3 is 5.97 Å². The Morgan fingerprint density at radius 3 is 1.00 bits per heavy atom. The van der Waals surface area contributed by atoms with Crippen molar-refractivity contribution in [1.82, 2.24) is 0 Å². The van der Waals surface area contributed by atoms with E-state index in [1.807, 2.05) is 0 Å². The zero-order chi connectivity index (χ0) is 14.3. The van der Waals surface area contributed by atoms with Crippen molar-refractivity contribution in [3.63, 3.8) is 0 Å². The summed E-state index contributed by atoms with van der Waals surface area (Å²) in [5, 5.41) is 0. The highest BCUT2D eigenvalue weighted by molar-refractivity contribution is 5.67. The molecule has 0 spiro atoms. The highest BCUT2D eigenvalue weighted by Crippen LogP contribution is 2.56. The fourth-order valence-electron chi connectivity index (χ4n) is 4.05. The summed E-state index contributed by atoms with van der Waals surface area (Å²) in [5.41, 5.74) is -0.904. The fraction of sp³-hybridized carbons (Fsp3) is 0.933. The topological polar surface area (TPSA) is 26.3 Å². The summed E-state index contributed by atoms with van der Waals surface area (Å²) >= 11 is 0. The first kappa shape index (κ1) is 16.5. The SMILES string of the molecule is CC(=O)OC(C(C)(C)C)(C(C)(C)C)C(C)(C)C. The third-order valence-corrected chi connectivity index (χ3v) is 3.47. The van der Waals surface area contributed by atoms with E-state index in [0.29, 0.717) is 0 Å². The van der Waals surface area contributed by atoms with Crippen LogP contribution >= 0.6 is 0 Å². The van der Waals surface area contributed by atoms with E-state index in [0.717, 1.165) is 0 Å². The zero-order valence-electron chi connectivity index (χ0n) is 13.3. The van der Waals surface area contributed by atoms with E-state index in [4.69, 9.17) is 4.74 Å². The predicted octanol–water partition coefficient (Wildman–Crippen LogP) is 4.43. The minimum Gasteiger partial charge on any atom is -0.458 e. The van der Waals surface area contributed by atoms with Crippen molar-refractivity contribution in [2.75, 3.05) is 0 Å². The minimum absolute atomic E-state index is 0.130. The Hall–Kier alpha value is -0.530. The van der Waals surface area contributed by atoms with Gasteiger partial charge in [0.2, 0.25) is 0 Å². The van der Waals surface area contributed by atoms with Crippen molar-refractivity contribution >= 4 is 5.97 Å². The average Bonchev–Trinajstić information content (AvgIpc) is 1.91. The number of hydrogen-bond acceptors (Lipinski definition) is 2. The van der Waals surface area contributed by atoms with Crippen LogP contribution in [0.15, 0.2) is 0 Å². The third-order valence-electron chi connectivity index (χ3n) is 3.47. The van der Waals surface area contributed by atoms with Gasteiger partial charge in [0.1, 0.15) is 5.60 Å². The Morgan fingerprint density at radius 1 is 0.706 bits per heavy atom. The predicted molar refractivity (Wildman–Crippen MR) is 72.9 cm³/mol. The molecular weight excluding hydrogens is 212 g/mol. The number of carbonyl (C=O) groups is 1. The molecule has 0 rings (SSSR count).